The lowest BCUT2D eigenvalue weighted by Crippen LogP contribution is -2.05. The molecule has 1 heterocycles. The molecule has 0 saturated heterocycles. The van der Waals surface area contributed by atoms with Gasteiger partial charge in [-0.15, -0.1) is 0 Å². The second-order valence-corrected chi connectivity index (χ2v) is 3.92. The monoisotopic (exact) mass is 214 g/mol. The Morgan fingerprint density at radius 2 is 2.12 bits per heavy atom. The Kier molecular flexibility index (Phi) is 2.86. The van der Waals surface area contributed by atoms with Crippen LogP contribution in [0.1, 0.15) is 18.2 Å². The number of aromatic nitrogens is 2. The molecule has 3 nitrogen and oxygen atoms in total. The number of benzene rings is 1. The van der Waals surface area contributed by atoms with Crippen LogP contribution in [0, 0.1) is 6.92 Å². The summed E-state index contributed by atoms with van der Waals surface area (Å²) < 4.78 is 1.97. The van der Waals surface area contributed by atoms with Crippen molar-refractivity contribution in [2.75, 3.05) is 0 Å². The van der Waals surface area contributed by atoms with Gasteiger partial charge in [0.05, 0.1) is 6.33 Å². The van der Waals surface area contributed by atoms with Crippen LogP contribution in [0.5, 0.6) is 0 Å². The van der Waals surface area contributed by atoms with E-state index in [4.69, 9.17) is 0 Å². The Morgan fingerprint density at radius 3 is 2.81 bits per heavy atom. The summed E-state index contributed by atoms with van der Waals surface area (Å²) in [6.07, 6.45) is 3.92. The summed E-state index contributed by atoms with van der Waals surface area (Å²) >= 11 is 0. The van der Waals surface area contributed by atoms with E-state index in [1.54, 1.807) is 19.4 Å². The molecule has 3 heteroatoms. The van der Waals surface area contributed by atoms with E-state index in [-0.39, 0.29) is 5.78 Å². The quantitative estimate of drug-likeness (QED) is 0.785. The first-order chi connectivity index (χ1) is 7.68. The van der Waals surface area contributed by atoms with Crippen LogP contribution >= 0.6 is 0 Å². The molecule has 0 aliphatic rings. The number of hydrogen-bond donors (Lipinski definition) is 0. The Hall–Kier alpha value is -1.90. The maximum absolute atomic E-state index is 11.1. The molecule has 0 N–H and O–H groups in total. The fourth-order valence-electron chi connectivity index (χ4n) is 1.76. The molecule has 16 heavy (non-hydrogen) atoms. The van der Waals surface area contributed by atoms with Crippen molar-refractivity contribution in [1.29, 1.82) is 0 Å². The minimum Gasteiger partial charge on any atom is -0.303 e. The maximum Gasteiger partial charge on any atom is 0.135 e. The second-order valence-electron chi connectivity index (χ2n) is 3.92. The predicted octanol–water partition coefficient (Wildman–Crippen LogP) is 2.31. The average molecular weight is 214 g/mol. The van der Waals surface area contributed by atoms with Gasteiger partial charge in [-0.05, 0) is 25.5 Å². The predicted molar refractivity (Wildman–Crippen MR) is 62.7 cm³/mol. The van der Waals surface area contributed by atoms with Gasteiger partial charge < -0.3 is 4.57 Å². The van der Waals surface area contributed by atoms with Crippen LogP contribution in [0.2, 0.25) is 0 Å². The Bertz CT molecular complexity index is 514. The van der Waals surface area contributed by atoms with E-state index < -0.39 is 0 Å². The molecule has 0 amide bonds. The number of ketones is 1. The van der Waals surface area contributed by atoms with Gasteiger partial charge in [0.2, 0.25) is 0 Å². The van der Waals surface area contributed by atoms with Crippen LogP contribution < -0.4 is 0 Å². The highest BCUT2D eigenvalue weighted by Crippen LogP contribution is 2.15. The minimum absolute atomic E-state index is 0.148. The van der Waals surface area contributed by atoms with Gasteiger partial charge in [-0.1, -0.05) is 18.2 Å². The number of para-hydroxylation sites is 1. The second kappa shape index (κ2) is 4.31. The molecule has 0 unspecified atom stereocenters. The zero-order chi connectivity index (χ0) is 11.5. The third kappa shape index (κ3) is 2.03. The highest BCUT2D eigenvalue weighted by atomic mass is 16.1. The molecule has 0 saturated carbocycles. The van der Waals surface area contributed by atoms with Crippen molar-refractivity contribution in [1.82, 2.24) is 9.55 Å². The lowest BCUT2D eigenvalue weighted by atomic mass is 10.2. The van der Waals surface area contributed by atoms with E-state index in [2.05, 4.69) is 4.98 Å². The van der Waals surface area contributed by atoms with Crippen molar-refractivity contribution in [2.45, 2.75) is 20.3 Å². The maximum atomic E-state index is 11.1. The highest BCUT2D eigenvalue weighted by Gasteiger charge is 2.07. The fraction of sp³-hybridized carbons (Fsp3) is 0.231. The molecule has 0 fully saturated rings. The first-order valence-corrected chi connectivity index (χ1v) is 5.25. The van der Waals surface area contributed by atoms with Crippen LogP contribution in [0.15, 0.2) is 36.8 Å². The van der Waals surface area contributed by atoms with Crippen molar-refractivity contribution in [2.24, 2.45) is 0 Å². The van der Waals surface area contributed by atoms with Gasteiger partial charge >= 0.3 is 0 Å². The summed E-state index contributed by atoms with van der Waals surface area (Å²) in [6, 6.07) is 8.06. The molecule has 0 aliphatic carbocycles. The normalized spacial score (nSPS) is 10.4. The summed E-state index contributed by atoms with van der Waals surface area (Å²) in [5.74, 6) is 0.148. The van der Waals surface area contributed by atoms with E-state index in [0.717, 1.165) is 11.4 Å². The van der Waals surface area contributed by atoms with Gasteiger partial charge in [0.1, 0.15) is 5.78 Å². The first-order valence-electron chi connectivity index (χ1n) is 5.25. The molecule has 82 valence electrons. The Balaban J connectivity index is 2.45. The number of hydrogen-bond acceptors (Lipinski definition) is 2. The summed E-state index contributed by atoms with van der Waals surface area (Å²) in [5.41, 5.74) is 3.18. The van der Waals surface area contributed by atoms with Crippen LogP contribution in [0.25, 0.3) is 5.69 Å². The highest BCUT2D eigenvalue weighted by molar-refractivity contribution is 5.77. The van der Waals surface area contributed by atoms with Crippen molar-refractivity contribution >= 4 is 5.78 Å². The number of rotatable bonds is 3. The number of Topliss-reactive ketones (excluding diaryl/α,β-unsaturated/α-hetero) is 1. The van der Waals surface area contributed by atoms with Crippen LogP contribution in [0.4, 0.5) is 0 Å². The molecular formula is C13H14N2O. The third-order valence-corrected chi connectivity index (χ3v) is 2.52. The smallest absolute Gasteiger partial charge is 0.135 e. The summed E-state index contributed by atoms with van der Waals surface area (Å²) in [5, 5.41) is 0. The zero-order valence-corrected chi connectivity index (χ0v) is 9.47. The van der Waals surface area contributed by atoms with E-state index in [9.17, 15) is 4.79 Å². The van der Waals surface area contributed by atoms with Crippen LogP contribution in [-0.2, 0) is 11.2 Å². The van der Waals surface area contributed by atoms with Gasteiger partial charge in [-0.2, -0.15) is 0 Å². The molecule has 0 spiro atoms. The number of aryl methyl sites for hydroxylation is 1. The molecule has 1 aromatic heterocycles. The Labute approximate surface area is 94.7 Å². The molecular weight excluding hydrogens is 200 g/mol. The van der Waals surface area contributed by atoms with E-state index in [1.165, 1.54) is 5.56 Å². The molecule has 0 aliphatic heterocycles. The van der Waals surface area contributed by atoms with E-state index >= 15 is 0 Å². The van der Waals surface area contributed by atoms with Gasteiger partial charge in [-0.25, -0.2) is 4.98 Å². The number of carbonyl (C=O) groups excluding carboxylic acids is 1. The minimum atomic E-state index is 0.148. The van der Waals surface area contributed by atoms with Gasteiger partial charge in [0.15, 0.2) is 0 Å². The standard InChI is InChI=1S/C13H14N2O/c1-10-5-3-4-6-13(10)15-9-14-8-12(15)7-11(2)16/h3-6,8-9H,7H2,1-2H3. The lowest BCUT2D eigenvalue weighted by molar-refractivity contribution is -0.116. The molecule has 0 atom stereocenters. The molecule has 0 radical (unpaired) electrons. The topological polar surface area (TPSA) is 34.9 Å². The number of imidazole rings is 1. The summed E-state index contributed by atoms with van der Waals surface area (Å²) in [6.45, 7) is 3.64. The van der Waals surface area contributed by atoms with Crippen molar-refractivity contribution in [3.63, 3.8) is 0 Å². The summed E-state index contributed by atoms with van der Waals surface area (Å²) in [4.78, 5) is 15.2. The number of carbonyl (C=O) groups is 1. The molecule has 2 aromatic rings. The van der Waals surface area contributed by atoms with Crippen LogP contribution in [0.3, 0.4) is 0 Å². The number of nitrogens with zero attached hydrogens (tertiary/aromatic N) is 2. The van der Waals surface area contributed by atoms with Crippen molar-refractivity contribution in [3.05, 3.63) is 48.0 Å². The average Bonchev–Trinajstić information content (AvgIpc) is 2.66. The van der Waals surface area contributed by atoms with Crippen molar-refractivity contribution < 1.29 is 4.79 Å². The third-order valence-electron chi connectivity index (χ3n) is 2.52. The van der Waals surface area contributed by atoms with Crippen molar-refractivity contribution in [3.8, 4) is 5.69 Å². The fourth-order valence-corrected chi connectivity index (χ4v) is 1.76. The van der Waals surface area contributed by atoms with Gasteiger partial charge in [0, 0.05) is 24.0 Å². The van der Waals surface area contributed by atoms with E-state index in [1.807, 2.05) is 35.8 Å². The lowest BCUT2D eigenvalue weighted by Gasteiger charge is -2.09. The first kappa shape index (κ1) is 10.6. The van der Waals surface area contributed by atoms with Gasteiger partial charge in [0.25, 0.3) is 0 Å². The molecule has 1 aromatic carbocycles. The largest absolute Gasteiger partial charge is 0.303 e. The zero-order valence-electron chi connectivity index (χ0n) is 9.47. The summed E-state index contributed by atoms with van der Waals surface area (Å²) in [7, 11) is 0. The SMILES string of the molecule is CC(=O)Cc1cncn1-c1ccccc1C. The Morgan fingerprint density at radius 1 is 1.38 bits per heavy atom. The van der Waals surface area contributed by atoms with Gasteiger partial charge in [-0.3, -0.25) is 4.79 Å². The molecule has 0 bridgehead atoms. The molecule has 2 rings (SSSR count). The van der Waals surface area contributed by atoms with E-state index in [0.29, 0.717) is 6.42 Å². The van der Waals surface area contributed by atoms with Crippen LogP contribution in [-0.4, -0.2) is 15.3 Å².